The molecule has 3 amide bonds. The van der Waals surface area contributed by atoms with Crippen LogP contribution >= 0.6 is 29.4 Å². The first-order valence-electron chi connectivity index (χ1n) is 9.20. The molecule has 29 heavy (non-hydrogen) atoms. The lowest BCUT2D eigenvalue weighted by atomic mass is 10.2. The van der Waals surface area contributed by atoms with Gasteiger partial charge in [-0.05, 0) is 12.8 Å². The van der Waals surface area contributed by atoms with Crippen molar-refractivity contribution in [2.24, 2.45) is 0 Å². The van der Waals surface area contributed by atoms with E-state index in [1.54, 1.807) is 10.8 Å². The average Bonchev–Trinajstić information content (AvgIpc) is 2.58. The summed E-state index contributed by atoms with van der Waals surface area (Å²) in [5, 5.41) is 7.59. The highest BCUT2D eigenvalue weighted by atomic mass is 33.1. The summed E-state index contributed by atoms with van der Waals surface area (Å²) in [7, 11) is -1.38. The fraction of sp³-hybridized carbons (Fsp3) is 0.812. The van der Waals surface area contributed by atoms with Gasteiger partial charge in [-0.1, -0.05) is 55.2 Å². The predicted octanol–water partition coefficient (Wildman–Crippen LogP) is 1.18. The summed E-state index contributed by atoms with van der Waals surface area (Å²) in [6, 6.07) is 0. The maximum atomic E-state index is 11.6. The first-order chi connectivity index (χ1) is 13.4. The number of unbranched alkanes of at least 4 members (excludes halogenated alkanes) is 3. The molecule has 0 heterocycles. The normalized spacial score (nSPS) is 11.8. The van der Waals surface area contributed by atoms with Gasteiger partial charge in [0.15, 0.2) is 0 Å². The Kier molecular flexibility index (Phi) is 14.7. The molecule has 0 saturated carbocycles. The van der Waals surface area contributed by atoms with Crippen molar-refractivity contribution in [3.05, 3.63) is 0 Å². The van der Waals surface area contributed by atoms with Gasteiger partial charge in [0, 0.05) is 11.3 Å². The molecular weight excluding hydrogens is 441 g/mol. The van der Waals surface area contributed by atoms with Crippen LogP contribution in [0.3, 0.4) is 0 Å². The van der Waals surface area contributed by atoms with E-state index in [9.17, 15) is 18.9 Å². The number of nitrogens with one attached hydrogen (secondary N) is 3. The van der Waals surface area contributed by atoms with Gasteiger partial charge in [-0.15, -0.1) is 0 Å². The smallest absolute Gasteiger partial charge is 0.355 e. The van der Waals surface area contributed by atoms with Crippen molar-refractivity contribution in [2.75, 3.05) is 32.0 Å². The van der Waals surface area contributed by atoms with Crippen LogP contribution in [0.15, 0.2) is 0 Å². The molecule has 0 aromatic heterocycles. The zero-order valence-corrected chi connectivity index (χ0v) is 19.6. The Hall–Kier alpha value is -0.780. The van der Waals surface area contributed by atoms with E-state index in [-0.39, 0.29) is 42.0 Å². The number of rotatable bonds is 15. The third-order valence-corrected chi connectivity index (χ3v) is 6.77. The standard InChI is InChI=1S/C16H32N3O7PS2/c1-16(2,3)29-28-12-15(22)19-11-14(21)18-10-13(20)17-8-6-4-5-7-9-26-27(23,24)25/h4-12H2,1-3H3,(H,17,20)(H,18,21)(H,19,22)(H2,23,24,25). The predicted molar refractivity (Wildman–Crippen MR) is 115 cm³/mol. The minimum atomic E-state index is -4.40. The van der Waals surface area contributed by atoms with Gasteiger partial charge in [0.05, 0.1) is 25.4 Å². The Bertz CT molecular complexity index is 567. The summed E-state index contributed by atoms with van der Waals surface area (Å²) in [6.07, 6.45) is 2.72. The summed E-state index contributed by atoms with van der Waals surface area (Å²) < 4.78 is 14.8. The third-order valence-electron chi connectivity index (χ3n) is 3.04. The van der Waals surface area contributed by atoms with Gasteiger partial charge in [-0.3, -0.25) is 18.9 Å². The highest BCUT2D eigenvalue weighted by Crippen LogP contribution is 2.36. The monoisotopic (exact) mass is 473 g/mol. The number of phosphoric ester groups is 1. The van der Waals surface area contributed by atoms with Gasteiger partial charge < -0.3 is 25.7 Å². The molecule has 0 fully saturated rings. The first-order valence-corrected chi connectivity index (χ1v) is 13.0. The van der Waals surface area contributed by atoms with Gasteiger partial charge in [-0.2, -0.15) is 0 Å². The first kappa shape index (κ1) is 28.2. The molecule has 0 aliphatic heterocycles. The molecule has 0 radical (unpaired) electrons. The minimum absolute atomic E-state index is 0.00663. The van der Waals surface area contributed by atoms with Crippen molar-refractivity contribution in [1.82, 2.24) is 16.0 Å². The van der Waals surface area contributed by atoms with E-state index < -0.39 is 13.7 Å². The van der Waals surface area contributed by atoms with E-state index in [4.69, 9.17) is 9.79 Å². The van der Waals surface area contributed by atoms with E-state index in [0.29, 0.717) is 19.4 Å². The van der Waals surface area contributed by atoms with Crippen LogP contribution < -0.4 is 16.0 Å². The lowest BCUT2D eigenvalue weighted by Crippen LogP contribution is -2.42. The van der Waals surface area contributed by atoms with Crippen LogP contribution in [0.4, 0.5) is 0 Å². The van der Waals surface area contributed by atoms with Gasteiger partial charge in [-0.25, -0.2) is 4.57 Å². The second-order valence-electron chi connectivity index (χ2n) is 7.10. The molecule has 0 rings (SSSR count). The Morgan fingerprint density at radius 1 is 0.897 bits per heavy atom. The molecule has 0 bridgehead atoms. The molecule has 0 spiro atoms. The second kappa shape index (κ2) is 15.1. The van der Waals surface area contributed by atoms with Crippen molar-refractivity contribution in [3.63, 3.8) is 0 Å². The Morgan fingerprint density at radius 3 is 2.03 bits per heavy atom. The van der Waals surface area contributed by atoms with E-state index >= 15 is 0 Å². The van der Waals surface area contributed by atoms with Crippen LogP contribution in [0.2, 0.25) is 0 Å². The topological polar surface area (TPSA) is 154 Å². The summed E-state index contributed by atoms with van der Waals surface area (Å²) in [5.74, 6) is -0.752. The van der Waals surface area contributed by atoms with E-state index in [1.165, 1.54) is 10.8 Å². The lowest BCUT2D eigenvalue weighted by molar-refractivity contribution is -0.127. The number of carbonyl (C=O) groups excluding carboxylic acids is 3. The Balaban J connectivity index is 3.61. The number of phosphoric acid groups is 1. The summed E-state index contributed by atoms with van der Waals surface area (Å²) in [4.78, 5) is 52.0. The maximum absolute atomic E-state index is 11.6. The average molecular weight is 474 g/mol. The van der Waals surface area contributed by atoms with Crippen molar-refractivity contribution >= 4 is 47.1 Å². The van der Waals surface area contributed by atoms with Crippen LogP contribution in [0.1, 0.15) is 46.5 Å². The highest BCUT2D eigenvalue weighted by Gasteiger charge is 2.13. The fourth-order valence-corrected chi connectivity index (χ4v) is 4.33. The van der Waals surface area contributed by atoms with Crippen molar-refractivity contribution < 1.29 is 33.3 Å². The highest BCUT2D eigenvalue weighted by molar-refractivity contribution is 8.77. The zero-order valence-electron chi connectivity index (χ0n) is 17.1. The van der Waals surface area contributed by atoms with Crippen LogP contribution in [0, 0.1) is 0 Å². The van der Waals surface area contributed by atoms with E-state index in [2.05, 4.69) is 20.5 Å². The molecule has 5 N–H and O–H groups in total. The SMILES string of the molecule is CC(C)(C)SSCC(=O)NCC(=O)NCC(=O)NCCCCCCOP(=O)(O)O. The summed E-state index contributed by atoms with van der Waals surface area (Å²) in [5.41, 5.74) is 0. The van der Waals surface area contributed by atoms with Crippen molar-refractivity contribution in [3.8, 4) is 0 Å². The number of hydrogen-bond acceptors (Lipinski definition) is 7. The molecule has 170 valence electrons. The van der Waals surface area contributed by atoms with Crippen LogP contribution in [0.5, 0.6) is 0 Å². The van der Waals surface area contributed by atoms with Gasteiger partial charge in [0.2, 0.25) is 17.7 Å². The van der Waals surface area contributed by atoms with Gasteiger partial charge in [0.25, 0.3) is 0 Å². The molecule has 0 aromatic rings. The Morgan fingerprint density at radius 2 is 1.45 bits per heavy atom. The zero-order chi connectivity index (χ0) is 22.3. The Labute approximate surface area is 179 Å². The molecule has 0 atom stereocenters. The van der Waals surface area contributed by atoms with Crippen molar-refractivity contribution in [1.29, 1.82) is 0 Å². The van der Waals surface area contributed by atoms with E-state index in [1.807, 2.05) is 20.8 Å². The van der Waals surface area contributed by atoms with Crippen LogP contribution in [-0.2, 0) is 23.5 Å². The second-order valence-corrected chi connectivity index (χ2v) is 11.5. The van der Waals surface area contributed by atoms with Gasteiger partial charge in [0.1, 0.15) is 0 Å². The molecule has 10 nitrogen and oxygen atoms in total. The molecule has 0 aliphatic carbocycles. The van der Waals surface area contributed by atoms with Crippen LogP contribution in [0.25, 0.3) is 0 Å². The quantitative estimate of drug-likeness (QED) is 0.134. The maximum Gasteiger partial charge on any atom is 0.469 e. The molecular formula is C16H32N3O7PS2. The number of carbonyl (C=O) groups is 3. The molecule has 13 heteroatoms. The lowest BCUT2D eigenvalue weighted by Gasteiger charge is -2.15. The molecule has 0 aromatic carbocycles. The molecule has 0 unspecified atom stereocenters. The number of amides is 3. The van der Waals surface area contributed by atoms with E-state index in [0.717, 1.165) is 12.8 Å². The summed E-state index contributed by atoms with van der Waals surface area (Å²) in [6.45, 7) is 6.23. The number of hydrogen-bond donors (Lipinski definition) is 5. The van der Waals surface area contributed by atoms with Crippen LogP contribution in [-0.4, -0.2) is 64.2 Å². The molecule has 0 aliphatic rings. The van der Waals surface area contributed by atoms with Gasteiger partial charge >= 0.3 is 7.82 Å². The largest absolute Gasteiger partial charge is 0.469 e. The third kappa shape index (κ3) is 21.7. The molecule has 0 saturated heterocycles. The minimum Gasteiger partial charge on any atom is -0.355 e. The van der Waals surface area contributed by atoms with Crippen molar-refractivity contribution in [2.45, 2.75) is 51.2 Å². The summed E-state index contributed by atoms with van der Waals surface area (Å²) >= 11 is 0. The fourth-order valence-electron chi connectivity index (χ4n) is 1.79.